The number of methoxy groups -OCH3 is 2. The van der Waals surface area contributed by atoms with Crippen molar-refractivity contribution in [3.05, 3.63) is 23.9 Å². The minimum Gasteiger partial charge on any atom is -0.465 e. The van der Waals surface area contributed by atoms with Crippen LogP contribution in [0.5, 0.6) is 0 Å². The average molecular weight is 210 g/mol. The molecule has 0 radical (unpaired) electrons. The molecule has 6 nitrogen and oxygen atoms in total. The van der Waals surface area contributed by atoms with Crippen molar-refractivity contribution in [2.75, 3.05) is 19.5 Å². The topological polar surface area (TPSA) is 77.5 Å². The van der Waals surface area contributed by atoms with Gasteiger partial charge in [-0.3, -0.25) is 5.32 Å². The summed E-state index contributed by atoms with van der Waals surface area (Å²) in [6.45, 7) is 0. The molecule has 15 heavy (non-hydrogen) atoms. The van der Waals surface area contributed by atoms with Gasteiger partial charge in [-0.2, -0.15) is 0 Å². The maximum atomic E-state index is 11.2. The normalized spacial score (nSPS) is 9.20. The van der Waals surface area contributed by atoms with E-state index >= 15 is 0 Å². The molecule has 0 aliphatic carbocycles. The van der Waals surface area contributed by atoms with Crippen LogP contribution in [0.2, 0.25) is 0 Å². The molecule has 0 saturated heterocycles. The molecule has 1 N–H and O–H groups in total. The smallest absolute Gasteiger partial charge is 0.412 e. The van der Waals surface area contributed by atoms with Crippen LogP contribution in [0.4, 0.5) is 10.6 Å². The first kappa shape index (κ1) is 11.0. The van der Waals surface area contributed by atoms with Gasteiger partial charge in [0, 0.05) is 6.20 Å². The molecular weight excluding hydrogens is 200 g/mol. The van der Waals surface area contributed by atoms with E-state index < -0.39 is 12.1 Å². The zero-order valence-corrected chi connectivity index (χ0v) is 8.31. The fraction of sp³-hybridized carbons (Fsp3) is 0.222. The molecule has 0 unspecified atom stereocenters. The van der Waals surface area contributed by atoms with Gasteiger partial charge in [-0.1, -0.05) is 0 Å². The number of ether oxygens (including phenoxy) is 2. The third-order valence-electron chi connectivity index (χ3n) is 1.62. The van der Waals surface area contributed by atoms with Crippen LogP contribution in [0.1, 0.15) is 10.4 Å². The molecular formula is C9H10N2O4. The van der Waals surface area contributed by atoms with Crippen molar-refractivity contribution in [3.63, 3.8) is 0 Å². The number of aromatic nitrogens is 1. The van der Waals surface area contributed by atoms with Gasteiger partial charge in [-0.05, 0) is 12.1 Å². The van der Waals surface area contributed by atoms with Gasteiger partial charge in [0.15, 0.2) is 0 Å². The van der Waals surface area contributed by atoms with Crippen LogP contribution in [0, 0.1) is 0 Å². The highest BCUT2D eigenvalue weighted by Gasteiger charge is 2.14. The lowest BCUT2D eigenvalue weighted by molar-refractivity contribution is 0.0601. The van der Waals surface area contributed by atoms with Crippen LogP contribution in [-0.2, 0) is 9.47 Å². The fourth-order valence-corrected chi connectivity index (χ4v) is 0.927. The van der Waals surface area contributed by atoms with Crippen LogP contribution in [0.3, 0.4) is 0 Å². The van der Waals surface area contributed by atoms with E-state index in [1.54, 1.807) is 6.07 Å². The monoisotopic (exact) mass is 210 g/mol. The number of carbonyl (C=O) groups is 2. The largest absolute Gasteiger partial charge is 0.465 e. The SMILES string of the molecule is COC(=O)Nc1ncccc1C(=O)OC. The Hall–Kier alpha value is -2.11. The standard InChI is InChI=1S/C9H10N2O4/c1-14-8(12)6-4-3-5-10-7(6)11-9(13)15-2/h3-5H,1-2H3,(H,10,11,13). The van der Waals surface area contributed by atoms with Gasteiger partial charge in [0.2, 0.25) is 0 Å². The summed E-state index contributed by atoms with van der Waals surface area (Å²) in [5.41, 5.74) is 0.172. The number of nitrogens with zero attached hydrogens (tertiary/aromatic N) is 1. The van der Waals surface area contributed by atoms with E-state index in [9.17, 15) is 9.59 Å². The van der Waals surface area contributed by atoms with Crippen molar-refractivity contribution in [2.45, 2.75) is 0 Å². The van der Waals surface area contributed by atoms with Crippen molar-refractivity contribution in [3.8, 4) is 0 Å². The number of rotatable bonds is 2. The molecule has 0 aromatic carbocycles. The van der Waals surface area contributed by atoms with E-state index in [1.165, 1.54) is 26.5 Å². The summed E-state index contributed by atoms with van der Waals surface area (Å²) < 4.78 is 8.90. The number of hydrogen-bond donors (Lipinski definition) is 1. The van der Waals surface area contributed by atoms with E-state index in [-0.39, 0.29) is 11.4 Å². The van der Waals surface area contributed by atoms with Crippen LogP contribution in [-0.4, -0.2) is 31.3 Å². The Labute approximate surface area is 86.2 Å². The first-order chi connectivity index (χ1) is 7.19. The van der Waals surface area contributed by atoms with Gasteiger partial charge in [-0.25, -0.2) is 14.6 Å². The van der Waals surface area contributed by atoms with Gasteiger partial charge in [-0.15, -0.1) is 0 Å². The molecule has 0 atom stereocenters. The number of anilines is 1. The lowest BCUT2D eigenvalue weighted by atomic mass is 10.2. The number of carbonyl (C=O) groups excluding carboxylic acids is 2. The molecule has 0 spiro atoms. The van der Waals surface area contributed by atoms with Crippen LogP contribution >= 0.6 is 0 Å². The van der Waals surface area contributed by atoms with E-state index in [4.69, 9.17) is 0 Å². The number of esters is 1. The van der Waals surface area contributed by atoms with E-state index in [0.29, 0.717) is 0 Å². The van der Waals surface area contributed by atoms with Crippen molar-refractivity contribution >= 4 is 17.9 Å². The average Bonchev–Trinajstić information content (AvgIpc) is 2.28. The summed E-state index contributed by atoms with van der Waals surface area (Å²) in [5, 5.41) is 2.30. The highest BCUT2D eigenvalue weighted by molar-refractivity contribution is 5.98. The summed E-state index contributed by atoms with van der Waals surface area (Å²) in [7, 11) is 2.47. The van der Waals surface area contributed by atoms with E-state index in [0.717, 1.165) is 0 Å². The molecule has 80 valence electrons. The molecule has 1 rings (SSSR count). The molecule has 0 aliphatic heterocycles. The van der Waals surface area contributed by atoms with Crippen molar-refractivity contribution in [2.24, 2.45) is 0 Å². The first-order valence-corrected chi connectivity index (χ1v) is 4.07. The highest BCUT2D eigenvalue weighted by Crippen LogP contribution is 2.12. The predicted molar refractivity (Wildman–Crippen MR) is 51.6 cm³/mol. The predicted octanol–water partition coefficient (Wildman–Crippen LogP) is 1.05. The number of amides is 1. The van der Waals surface area contributed by atoms with Crippen molar-refractivity contribution in [1.82, 2.24) is 4.98 Å². The summed E-state index contributed by atoms with van der Waals surface area (Å²) in [4.78, 5) is 26.0. The fourth-order valence-electron chi connectivity index (χ4n) is 0.927. The molecule has 1 amide bonds. The second-order valence-corrected chi connectivity index (χ2v) is 2.51. The van der Waals surface area contributed by atoms with Gasteiger partial charge < -0.3 is 9.47 Å². The third-order valence-corrected chi connectivity index (χ3v) is 1.62. The Kier molecular flexibility index (Phi) is 3.61. The molecule has 1 aromatic rings. The minimum atomic E-state index is -0.696. The molecule has 0 saturated carbocycles. The maximum Gasteiger partial charge on any atom is 0.412 e. The molecule has 0 aliphatic rings. The third kappa shape index (κ3) is 2.67. The van der Waals surface area contributed by atoms with E-state index in [2.05, 4.69) is 19.8 Å². The summed E-state index contributed by atoms with van der Waals surface area (Å²) >= 11 is 0. The zero-order valence-electron chi connectivity index (χ0n) is 8.31. The highest BCUT2D eigenvalue weighted by atomic mass is 16.5. The molecule has 0 bridgehead atoms. The first-order valence-electron chi connectivity index (χ1n) is 4.07. The maximum absolute atomic E-state index is 11.2. The van der Waals surface area contributed by atoms with Crippen molar-refractivity contribution in [1.29, 1.82) is 0 Å². The van der Waals surface area contributed by atoms with Crippen LogP contribution in [0.15, 0.2) is 18.3 Å². The number of pyridine rings is 1. The Morgan fingerprint density at radius 2 is 2.07 bits per heavy atom. The zero-order chi connectivity index (χ0) is 11.3. The van der Waals surface area contributed by atoms with Gasteiger partial charge >= 0.3 is 12.1 Å². The molecule has 1 aromatic heterocycles. The number of hydrogen-bond acceptors (Lipinski definition) is 5. The lowest BCUT2D eigenvalue weighted by Gasteiger charge is -2.06. The second kappa shape index (κ2) is 4.94. The Morgan fingerprint density at radius 3 is 2.67 bits per heavy atom. The Balaban J connectivity index is 2.96. The van der Waals surface area contributed by atoms with Crippen LogP contribution in [0.25, 0.3) is 0 Å². The second-order valence-electron chi connectivity index (χ2n) is 2.51. The van der Waals surface area contributed by atoms with Crippen molar-refractivity contribution < 1.29 is 19.1 Å². The minimum absolute atomic E-state index is 0.108. The van der Waals surface area contributed by atoms with Gasteiger partial charge in [0.1, 0.15) is 11.4 Å². The molecule has 1 heterocycles. The van der Waals surface area contributed by atoms with E-state index in [1.807, 2.05) is 0 Å². The Bertz CT molecular complexity index is 378. The molecule has 6 heteroatoms. The van der Waals surface area contributed by atoms with Gasteiger partial charge in [0.25, 0.3) is 0 Å². The summed E-state index contributed by atoms with van der Waals surface area (Å²) in [6.07, 6.45) is 0.747. The summed E-state index contributed by atoms with van der Waals surface area (Å²) in [5.74, 6) is -0.467. The quantitative estimate of drug-likeness (QED) is 0.738. The Morgan fingerprint density at radius 1 is 1.33 bits per heavy atom. The summed E-state index contributed by atoms with van der Waals surface area (Å²) in [6, 6.07) is 3.05. The van der Waals surface area contributed by atoms with Gasteiger partial charge in [0.05, 0.1) is 14.2 Å². The number of nitrogens with one attached hydrogen (secondary N) is 1. The van der Waals surface area contributed by atoms with Crippen LogP contribution < -0.4 is 5.32 Å². The molecule has 0 fully saturated rings. The lowest BCUT2D eigenvalue weighted by Crippen LogP contribution is -2.16.